The van der Waals surface area contributed by atoms with Crippen molar-refractivity contribution in [2.75, 3.05) is 19.4 Å². The van der Waals surface area contributed by atoms with Gasteiger partial charge in [0.15, 0.2) is 6.10 Å². The third-order valence-corrected chi connectivity index (χ3v) is 4.81. The van der Waals surface area contributed by atoms with E-state index in [4.69, 9.17) is 9.47 Å². The van der Waals surface area contributed by atoms with E-state index in [1.165, 1.54) is 11.1 Å². The van der Waals surface area contributed by atoms with Gasteiger partial charge in [0.1, 0.15) is 11.5 Å². The summed E-state index contributed by atoms with van der Waals surface area (Å²) in [7, 11) is 1.61. The van der Waals surface area contributed by atoms with Crippen molar-refractivity contribution in [3.63, 3.8) is 0 Å². The summed E-state index contributed by atoms with van der Waals surface area (Å²) in [4.78, 5) is 12.1. The molecule has 0 saturated carbocycles. The molecule has 2 rings (SSSR count). The molecule has 5 heteroatoms. The minimum absolute atomic E-state index is 0.104. The zero-order valence-corrected chi connectivity index (χ0v) is 15.8. The third kappa shape index (κ3) is 6.35. The predicted molar refractivity (Wildman–Crippen MR) is 103 cm³/mol. The number of methoxy groups -OCH3 is 1. The fourth-order valence-corrected chi connectivity index (χ4v) is 3.19. The van der Waals surface area contributed by atoms with Crippen molar-refractivity contribution in [3.05, 3.63) is 59.7 Å². The molecule has 0 heterocycles. The van der Waals surface area contributed by atoms with Crippen LogP contribution < -0.4 is 14.8 Å². The molecule has 0 aliphatic heterocycles. The zero-order chi connectivity index (χ0) is 18.1. The quantitative estimate of drug-likeness (QED) is 0.692. The molecule has 25 heavy (non-hydrogen) atoms. The number of ether oxygens (including phenoxy) is 2. The summed E-state index contributed by atoms with van der Waals surface area (Å²) in [6.07, 6.45) is -0.533. The summed E-state index contributed by atoms with van der Waals surface area (Å²) < 4.78 is 10.7. The molecule has 0 fully saturated rings. The van der Waals surface area contributed by atoms with Crippen LogP contribution in [-0.4, -0.2) is 31.4 Å². The number of benzene rings is 2. The van der Waals surface area contributed by atoms with Gasteiger partial charge >= 0.3 is 0 Å². The van der Waals surface area contributed by atoms with E-state index in [0.29, 0.717) is 12.3 Å². The van der Waals surface area contributed by atoms with Crippen molar-refractivity contribution < 1.29 is 14.3 Å². The van der Waals surface area contributed by atoms with Gasteiger partial charge in [0, 0.05) is 18.1 Å². The minimum atomic E-state index is -0.533. The predicted octanol–water partition coefficient (Wildman–Crippen LogP) is 3.82. The average molecular weight is 359 g/mol. The van der Waals surface area contributed by atoms with E-state index in [2.05, 4.69) is 30.4 Å². The first-order chi connectivity index (χ1) is 12.1. The van der Waals surface area contributed by atoms with Gasteiger partial charge in [0.2, 0.25) is 0 Å². The second kappa shape index (κ2) is 9.99. The van der Waals surface area contributed by atoms with Crippen LogP contribution in [0, 0.1) is 6.92 Å². The number of rotatable bonds is 9. The van der Waals surface area contributed by atoms with Crippen LogP contribution >= 0.6 is 11.8 Å². The Morgan fingerprint density at radius 2 is 1.80 bits per heavy atom. The van der Waals surface area contributed by atoms with Crippen molar-refractivity contribution in [3.8, 4) is 11.5 Å². The molecular formula is C20H25NO3S. The maximum atomic E-state index is 12.1. The standard InChI is InChI=1S/C20H25NO3S/c1-15-6-4-5-7-17(15)14-25-13-12-21-20(22)16(2)24-19-10-8-18(23-3)9-11-19/h4-11,16H,12-14H2,1-3H3,(H,21,22)/t16-/m1/s1. The lowest BCUT2D eigenvalue weighted by Gasteiger charge is -2.15. The molecule has 0 bridgehead atoms. The summed E-state index contributed by atoms with van der Waals surface area (Å²) in [6, 6.07) is 15.6. The highest BCUT2D eigenvalue weighted by atomic mass is 32.2. The van der Waals surface area contributed by atoms with Crippen LogP contribution in [0.15, 0.2) is 48.5 Å². The zero-order valence-electron chi connectivity index (χ0n) is 15.0. The van der Waals surface area contributed by atoms with Crippen LogP contribution in [0.1, 0.15) is 18.1 Å². The Morgan fingerprint density at radius 3 is 2.48 bits per heavy atom. The van der Waals surface area contributed by atoms with Crippen molar-refractivity contribution >= 4 is 17.7 Å². The van der Waals surface area contributed by atoms with E-state index in [-0.39, 0.29) is 5.91 Å². The largest absolute Gasteiger partial charge is 0.497 e. The third-order valence-electron chi connectivity index (χ3n) is 3.81. The summed E-state index contributed by atoms with van der Waals surface area (Å²) in [5.41, 5.74) is 2.65. The Hall–Kier alpha value is -2.14. The highest BCUT2D eigenvalue weighted by Gasteiger charge is 2.14. The maximum Gasteiger partial charge on any atom is 0.260 e. The molecule has 4 nitrogen and oxygen atoms in total. The molecule has 0 aromatic heterocycles. The van der Waals surface area contributed by atoms with Gasteiger partial charge in [-0.1, -0.05) is 24.3 Å². The lowest BCUT2D eigenvalue weighted by atomic mass is 10.1. The topological polar surface area (TPSA) is 47.6 Å². The van der Waals surface area contributed by atoms with Crippen LogP contribution in [-0.2, 0) is 10.5 Å². The van der Waals surface area contributed by atoms with Crippen molar-refractivity contribution in [2.24, 2.45) is 0 Å². The Kier molecular flexibility index (Phi) is 7.67. The molecule has 1 atom stereocenters. The number of hydrogen-bond acceptors (Lipinski definition) is 4. The molecule has 1 amide bonds. The van der Waals surface area contributed by atoms with Crippen LogP contribution in [0.2, 0.25) is 0 Å². The number of hydrogen-bond donors (Lipinski definition) is 1. The molecule has 0 aliphatic carbocycles. The number of amides is 1. The summed E-state index contributed by atoms with van der Waals surface area (Å²) >= 11 is 1.81. The molecule has 2 aromatic rings. The van der Waals surface area contributed by atoms with E-state index >= 15 is 0 Å². The fraction of sp³-hybridized carbons (Fsp3) is 0.350. The van der Waals surface area contributed by atoms with Crippen molar-refractivity contribution in [2.45, 2.75) is 25.7 Å². The van der Waals surface area contributed by atoms with Crippen LogP contribution in [0.3, 0.4) is 0 Å². The molecule has 0 aliphatic rings. The monoisotopic (exact) mass is 359 g/mol. The molecule has 0 saturated heterocycles. The van der Waals surface area contributed by atoms with Gasteiger partial charge in [-0.25, -0.2) is 0 Å². The van der Waals surface area contributed by atoms with Crippen molar-refractivity contribution in [1.82, 2.24) is 5.32 Å². The van der Waals surface area contributed by atoms with E-state index in [1.807, 2.05) is 30.0 Å². The summed E-state index contributed by atoms with van der Waals surface area (Å²) in [5, 5.41) is 2.92. The Balaban J connectivity index is 1.66. The van der Waals surface area contributed by atoms with Gasteiger partial charge < -0.3 is 14.8 Å². The van der Waals surface area contributed by atoms with Gasteiger partial charge in [-0.3, -0.25) is 4.79 Å². The smallest absolute Gasteiger partial charge is 0.260 e. The molecule has 0 unspecified atom stereocenters. The highest BCUT2D eigenvalue weighted by Crippen LogP contribution is 2.18. The highest BCUT2D eigenvalue weighted by molar-refractivity contribution is 7.98. The number of nitrogens with one attached hydrogen (secondary N) is 1. The Bertz CT molecular complexity index is 673. The van der Waals surface area contributed by atoms with Gasteiger partial charge in [0.25, 0.3) is 5.91 Å². The second-order valence-corrected chi connectivity index (χ2v) is 6.81. The van der Waals surface area contributed by atoms with Gasteiger partial charge in [-0.05, 0) is 49.2 Å². The first-order valence-corrected chi connectivity index (χ1v) is 9.46. The lowest BCUT2D eigenvalue weighted by Crippen LogP contribution is -2.37. The summed E-state index contributed by atoms with van der Waals surface area (Å²) in [5.74, 6) is 3.13. The average Bonchev–Trinajstić information content (AvgIpc) is 2.63. The number of carbonyl (C=O) groups excluding carboxylic acids is 1. The van der Waals surface area contributed by atoms with E-state index < -0.39 is 6.10 Å². The van der Waals surface area contributed by atoms with Gasteiger partial charge in [0.05, 0.1) is 7.11 Å². The molecular weight excluding hydrogens is 334 g/mol. The van der Waals surface area contributed by atoms with Crippen molar-refractivity contribution in [1.29, 1.82) is 0 Å². The number of aryl methyl sites for hydroxylation is 1. The van der Waals surface area contributed by atoms with Gasteiger partial charge in [-0.15, -0.1) is 0 Å². The first-order valence-electron chi connectivity index (χ1n) is 8.31. The Morgan fingerprint density at radius 1 is 1.12 bits per heavy atom. The normalized spacial score (nSPS) is 11.6. The minimum Gasteiger partial charge on any atom is -0.497 e. The van der Waals surface area contributed by atoms with E-state index in [0.717, 1.165) is 17.3 Å². The van der Waals surface area contributed by atoms with Gasteiger partial charge in [-0.2, -0.15) is 11.8 Å². The lowest BCUT2D eigenvalue weighted by molar-refractivity contribution is -0.127. The molecule has 0 spiro atoms. The molecule has 0 radical (unpaired) electrons. The molecule has 2 aromatic carbocycles. The molecule has 134 valence electrons. The summed E-state index contributed by atoms with van der Waals surface area (Å²) in [6.45, 7) is 4.50. The van der Waals surface area contributed by atoms with Crippen LogP contribution in [0.5, 0.6) is 11.5 Å². The van der Waals surface area contributed by atoms with Crippen LogP contribution in [0.25, 0.3) is 0 Å². The van der Waals surface area contributed by atoms with E-state index in [1.54, 1.807) is 26.2 Å². The second-order valence-electron chi connectivity index (χ2n) is 5.71. The molecule has 1 N–H and O–H groups in total. The number of thioether (sulfide) groups is 1. The fourth-order valence-electron chi connectivity index (χ4n) is 2.26. The van der Waals surface area contributed by atoms with E-state index in [9.17, 15) is 4.79 Å². The maximum absolute atomic E-state index is 12.1. The first kappa shape index (κ1) is 19.2. The number of carbonyl (C=O) groups is 1. The SMILES string of the molecule is COc1ccc(O[C@H](C)C(=O)NCCSCc2ccccc2C)cc1. The Labute approximate surface area is 153 Å². The van der Waals surface area contributed by atoms with Crippen LogP contribution in [0.4, 0.5) is 0 Å².